The van der Waals surface area contributed by atoms with Gasteiger partial charge in [-0.1, -0.05) is 24.3 Å². The quantitative estimate of drug-likeness (QED) is 0.354. The molecule has 0 radical (unpaired) electrons. The van der Waals surface area contributed by atoms with Crippen molar-refractivity contribution in [1.82, 2.24) is 29.1 Å². The number of carbonyl (C=O) groups is 1. The summed E-state index contributed by atoms with van der Waals surface area (Å²) in [6.07, 6.45) is -1.72. The molecule has 0 bridgehead atoms. The molecular weight excluding hydrogens is 497 g/mol. The van der Waals surface area contributed by atoms with Crippen molar-refractivity contribution in [3.8, 4) is 28.8 Å². The van der Waals surface area contributed by atoms with Gasteiger partial charge in [0.05, 0.1) is 24.8 Å². The predicted molar refractivity (Wildman–Crippen MR) is 133 cm³/mol. The molecule has 38 heavy (non-hydrogen) atoms. The Labute approximate surface area is 216 Å². The molecule has 0 fully saturated rings. The largest absolute Gasteiger partial charge is 0.434 e. The Hall–Kier alpha value is -4.40. The summed E-state index contributed by atoms with van der Waals surface area (Å²) in [5, 5.41) is 18.6. The number of imidazole rings is 1. The van der Waals surface area contributed by atoms with Gasteiger partial charge in [-0.2, -0.15) is 28.6 Å². The van der Waals surface area contributed by atoms with Gasteiger partial charge in [0, 0.05) is 36.8 Å². The number of alkyl halides is 3. The molecule has 0 atom stereocenters. The smallest absolute Gasteiger partial charge is 0.331 e. The van der Waals surface area contributed by atoms with E-state index >= 15 is 0 Å². The number of hydrogen-bond donors (Lipinski definition) is 0. The lowest BCUT2D eigenvalue weighted by Crippen LogP contribution is -2.36. The van der Waals surface area contributed by atoms with E-state index in [1.807, 2.05) is 13.8 Å². The van der Waals surface area contributed by atoms with Crippen LogP contribution in [0.25, 0.3) is 22.8 Å². The third kappa shape index (κ3) is 4.44. The summed E-state index contributed by atoms with van der Waals surface area (Å²) in [7, 11) is 0. The minimum Gasteiger partial charge on any atom is -0.331 e. The van der Waals surface area contributed by atoms with Crippen molar-refractivity contribution >= 4 is 11.7 Å². The standard InChI is InChI=1S/C26H25F3N8O/c1-4-34-15-21(26(27,28)29)32-25(34)18-7-5-17(6-8-18)14-35-22-11-20(33-36(22)10-9-23(35)38)24-19(12-30)13-31-37(24)16(2)3/h5-8,11,13,15-16H,4,9-10,14H2,1-3H3. The van der Waals surface area contributed by atoms with Gasteiger partial charge in [0.2, 0.25) is 5.91 Å². The van der Waals surface area contributed by atoms with Gasteiger partial charge in [0.25, 0.3) is 0 Å². The molecule has 3 aromatic heterocycles. The zero-order valence-corrected chi connectivity index (χ0v) is 21.1. The number of aromatic nitrogens is 6. The van der Waals surface area contributed by atoms with Crippen molar-refractivity contribution in [2.45, 2.75) is 59.0 Å². The Morgan fingerprint density at radius 2 is 1.92 bits per heavy atom. The number of benzene rings is 1. The fourth-order valence-electron chi connectivity index (χ4n) is 4.59. The van der Waals surface area contributed by atoms with Crippen LogP contribution in [0.1, 0.15) is 50.1 Å². The molecule has 1 aliphatic heterocycles. The summed E-state index contributed by atoms with van der Waals surface area (Å²) in [6, 6.07) is 10.9. The van der Waals surface area contributed by atoms with Gasteiger partial charge < -0.3 is 4.57 Å². The highest BCUT2D eigenvalue weighted by molar-refractivity contribution is 5.94. The van der Waals surface area contributed by atoms with E-state index in [0.717, 1.165) is 11.8 Å². The van der Waals surface area contributed by atoms with Crippen LogP contribution in [-0.4, -0.2) is 35.0 Å². The monoisotopic (exact) mass is 522 g/mol. The summed E-state index contributed by atoms with van der Waals surface area (Å²) in [4.78, 5) is 18.4. The van der Waals surface area contributed by atoms with E-state index in [1.54, 1.807) is 51.5 Å². The van der Waals surface area contributed by atoms with Crippen LogP contribution >= 0.6 is 0 Å². The molecule has 1 aliphatic rings. The summed E-state index contributed by atoms with van der Waals surface area (Å²) in [5.74, 6) is 0.775. The number of rotatable bonds is 6. The highest BCUT2D eigenvalue weighted by Crippen LogP contribution is 2.33. The van der Waals surface area contributed by atoms with E-state index in [-0.39, 0.29) is 30.7 Å². The Morgan fingerprint density at radius 1 is 1.18 bits per heavy atom. The minimum absolute atomic E-state index is 0.0117. The second kappa shape index (κ2) is 9.48. The SMILES string of the molecule is CCn1cc(C(F)(F)F)nc1-c1ccc(CN2C(=O)CCn3nc(-c4c(C#N)cnn4C(C)C)cc32)cc1. The molecule has 4 aromatic rings. The number of nitriles is 1. The molecule has 1 aromatic carbocycles. The van der Waals surface area contributed by atoms with Crippen LogP contribution in [0.15, 0.2) is 42.7 Å². The average Bonchev–Trinajstić information content (AvgIpc) is 3.61. The molecule has 196 valence electrons. The summed E-state index contributed by atoms with van der Waals surface area (Å²) in [6.45, 7) is 6.70. The number of hydrogen-bond acceptors (Lipinski definition) is 5. The van der Waals surface area contributed by atoms with Crippen LogP contribution in [-0.2, 0) is 30.6 Å². The maximum atomic E-state index is 13.2. The molecule has 0 unspecified atom stereocenters. The van der Waals surface area contributed by atoms with Gasteiger partial charge in [-0.05, 0) is 26.3 Å². The molecule has 0 N–H and O–H groups in total. The average molecular weight is 523 g/mol. The number of amides is 1. The van der Waals surface area contributed by atoms with E-state index in [9.17, 15) is 23.2 Å². The van der Waals surface area contributed by atoms with Gasteiger partial charge in [-0.25, -0.2) is 9.67 Å². The first-order valence-electron chi connectivity index (χ1n) is 12.2. The van der Waals surface area contributed by atoms with Crippen molar-refractivity contribution in [2.75, 3.05) is 4.90 Å². The number of fused-ring (bicyclic) bond motifs is 1. The zero-order valence-electron chi connectivity index (χ0n) is 21.1. The van der Waals surface area contributed by atoms with Gasteiger partial charge in [0.1, 0.15) is 29.1 Å². The molecule has 9 nitrogen and oxygen atoms in total. The maximum absolute atomic E-state index is 13.2. The molecule has 0 aliphatic carbocycles. The van der Waals surface area contributed by atoms with E-state index in [2.05, 4.69) is 21.3 Å². The fraction of sp³-hybridized carbons (Fsp3) is 0.346. The Kier molecular flexibility index (Phi) is 6.30. The van der Waals surface area contributed by atoms with Gasteiger partial charge in [0.15, 0.2) is 5.69 Å². The second-order valence-corrected chi connectivity index (χ2v) is 9.33. The first kappa shape index (κ1) is 25.3. The lowest BCUT2D eigenvalue weighted by Gasteiger charge is -2.27. The second-order valence-electron chi connectivity index (χ2n) is 9.33. The third-order valence-corrected chi connectivity index (χ3v) is 6.48. The normalized spacial score (nSPS) is 13.7. The number of nitrogens with zero attached hydrogens (tertiary/aromatic N) is 8. The Balaban J connectivity index is 1.44. The van der Waals surface area contributed by atoms with E-state index < -0.39 is 11.9 Å². The van der Waals surface area contributed by atoms with Crippen LogP contribution in [0.4, 0.5) is 19.0 Å². The Morgan fingerprint density at radius 3 is 2.55 bits per heavy atom. The van der Waals surface area contributed by atoms with E-state index in [4.69, 9.17) is 0 Å². The number of halogens is 3. The van der Waals surface area contributed by atoms with Crippen LogP contribution < -0.4 is 4.90 Å². The molecule has 1 amide bonds. The highest BCUT2D eigenvalue weighted by Gasteiger charge is 2.35. The Bertz CT molecular complexity index is 1540. The summed E-state index contributed by atoms with van der Waals surface area (Å²) in [5.41, 5.74) is 1.99. The number of carbonyl (C=O) groups excluding carboxylic acids is 1. The zero-order chi connectivity index (χ0) is 27.2. The van der Waals surface area contributed by atoms with Crippen LogP contribution in [0.2, 0.25) is 0 Å². The molecule has 5 rings (SSSR count). The number of anilines is 1. The molecule has 0 spiro atoms. The van der Waals surface area contributed by atoms with Crippen LogP contribution in [0.3, 0.4) is 0 Å². The van der Waals surface area contributed by atoms with Crippen molar-refractivity contribution < 1.29 is 18.0 Å². The molecule has 0 saturated heterocycles. The van der Waals surface area contributed by atoms with Crippen molar-refractivity contribution in [1.29, 1.82) is 5.26 Å². The number of aryl methyl sites for hydroxylation is 2. The first-order valence-corrected chi connectivity index (χ1v) is 12.2. The predicted octanol–water partition coefficient (Wildman–Crippen LogP) is 5.04. The fourth-order valence-corrected chi connectivity index (χ4v) is 4.59. The van der Waals surface area contributed by atoms with Crippen LogP contribution in [0.5, 0.6) is 0 Å². The topological polar surface area (TPSA) is 97.6 Å². The molecule has 0 saturated carbocycles. The minimum atomic E-state index is -4.52. The molecular formula is C26H25F3N8O. The van der Waals surface area contributed by atoms with Crippen molar-refractivity contribution in [3.05, 3.63) is 59.5 Å². The van der Waals surface area contributed by atoms with E-state index in [0.29, 0.717) is 41.4 Å². The maximum Gasteiger partial charge on any atom is 0.434 e. The lowest BCUT2D eigenvalue weighted by atomic mass is 10.1. The van der Waals surface area contributed by atoms with Crippen molar-refractivity contribution in [2.24, 2.45) is 0 Å². The first-order chi connectivity index (χ1) is 18.1. The van der Waals surface area contributed by atoms with Gasteiger partial charge in [-0.3, -0.25) is 14.4 Å². The van der Waals surface area contributed by atoms with Gasteiger partial charge in [-0.15, -0.1) is 0 Å². The van der Waals surface area contributed by atoms with Gasteiger partial charge >= 0.3 is 6.18 Å². The van der Waals surface area contributed by atoms with E-state index in [1.165, 1.54) is 10.8 Å². The third-order valence-electron chi connectivity index (χ3n) is 6.48. The van der Waals surface area contributed by atoms with Crippen LogP contribution in [0, 0.1) is 11.3 Å². The summed E-state index contributed by atoms with van der Waals surface area (Å²) >= 11 is 0. The lowest BCUT2D eigenvalue weighted by molar-refractivity contribution is -0.140. The summed E-state index contributed by atoms with van der Waals surface area (Å²) < 4.78 is 44.5. The molecule has 12 heteroatoms. The van der Waals surface area contributed by atoms with Crippen molar-refractivity contribution in [3.63, 3.8) is 0 Å². The highest BCUT2D eigenvalue weighted by atomic mass is 19.4. The molecule has 4 heterocycles.